The maximum Gasteiger partial charge on any atom is 0.211 e. The van der Waals surface area contributed by atoms with Crippen LogP contribution < -0.4 is 14.8 Å². The van der Waals surface area contributed by atoms with Crippen LogP contribution in [-0.4, -0.2) is 35.8 Å². The molecule has 7 nitrogen and oxygen atoms in total. The van der Waals surface area contributed by atoms with E-state index in [0.717, 1.165) is 22.4 Å². The van der Waals surface area contributed by atoms with Gasteiger partial charge in [-0.3, -0.25) is 14.0 Å². The summed E-state index contributed by atoms with van der Waals surface area (Å²) in [4.78, 5) is 27.3. The van der Waals surface area contributed by atoms with Crippen molar-refractivity contribution in [1.29, 1.82) is 0 Å². The third-order valence-corrected chi connectivity index (χ3v) is 5.12. The van der Waals surface area contributed by atoms with Crippen LogP contribution >= 0.6 is 0 Å². The standard InChI is InChI=1S/C24H21N3O4/c1-15(29)16-4-6-17(7-5-16)21-12-25-24-20(26-14-28)10-19(13-27(21)24)18-8-9-22(30-2)23(11-18)31-3/h4-14H,1-3H3,(H,26,28). The van der Waals surface area contributed by atoms with Crippen molar-refractivity contribution in [2.24, 2.45) is 0 Å². The molecule has 0 aliphatic heterocycles. The second kappa shape index (κ2) is 8.31. The molecule has 0 saturated carbocycles. The first-order valence-electron chi connectivity index (χ1n) is 9.60. The van der Waals surface area contributed by atoms with Gasteiger partial charge in [0.25, 0.3) is 0 Å². The maximum absolute atomic E-state index is 11.6. The van der Waals surface area contributed by atoms with Gasteiger partial charge in [-0.25, -0.2) is 4.98 Å². The number of ketones is 1. The summed E-state index contributed by atoms with van der Waals surface area (Å²) >= 11 is 0. The first-order chi connectivity index (χ1) is 15.0. The van der Waals surface area contributed by atoms with Gasteiger partial charge in [0, 0.05) is 22.9 Å². The number of nitrogens with zero attached hydrogens (tertiary/aromatic N) is 2. The van der Waals surface area contributed by atoms with Crippen molar-refractivity contribution >= 4 is 23.5 Å². The van der Waals surface area contributed by atoms with Gasteiger partial charge in [0.15, 0.2) is 22.9 Å². The molecular weight excluding hydrogens is 394 g/mol. The minimum absolute atomic E-state index is 0.0119. The molecule has 0 aliphatic carbocycles. The number of imidazole rings is 1. The average molecular weight is 415 g/mol. The number of benzene rings is 2. The molecule has 1 amide bonds. The van der Waals surface area contributed by atoms with E-state index in [2.05, 4.69) is 10.3 Å². The van der Waals surface area contributed by atoms with E-state index in [0.29, 0.717) is 34.8 Å². The van der Waals surface area contributed by atoms with Gasteiger partial charge >= 0.3 is 0 Å². The number of fused-ring (bicyclic) bond motifs is 1. The predicted molar refractivity (Wildman–Crippen MR) is 119 cm³/mol. The lowest BCUT2D eigenvalue weighted by Crippen LogP contribution is -2.00. The molecule has 4 aromatic rings. The molecule has 0 saturated heterocycles. The summed E-state index contributed by atoms with van der Waals surface area (Å²) in [6.45, 7) is 1.54. The highest BCUT2D eigenvalue weighted by Crippen LogP contribution is 2.35. The molecule has 0 fully saturated rings. The first kappa shape index (κ1) is 20.2. The number of rotatable bonds is 7. The average Bonchev–Trinajstić information content (AvgIpc) is 3.23. The molecule has 4 rings (SSSR count). The summed E-state index contributed by atoms with van der Waals surface area (Å²) in [6, 6.07) is 14.8. The van der Waals surface area contributed by atoms with E-state index in [-0.39, 0.29) is 5.78 Å². The normalized spacial score (nSPS) is 10.7. The fourth-order valence-electron chi connectivity index (χ4n) is 3.52. The molecule has 0 aliphatic rings. The number of carbonyl (C=O) groups is 2. The largest absolute Gasteiger partial charge is 0.493 e. The highest BCUT2D eigenvalue weighted by Gasteiger charge is 2.14. The molecule has 0 unspecified atom stereocenters. The Bertz CT molecular complexity index is 1280. The minimum atomic E-state index is 0.0119. The Labute approximate surface area is 179 Å². The molecule has 1 N–H and O–H groups in total. The van der Waals surface area contributed by atoms with Crippen LogP contribution in [0.15, 0.2) is 60.9 Å². The maximum atomic E-state index is 11.6. The number of hydrogen-bond donors (Lipinski definition) is 1. The third kappa shape index (κ3) is 3.73. The second-order valence-corrected chi connectivity index (χ2v) is 6.94. The number of nitrogens with one attached hydrogen (secondary N) is 1. The van der Waals surface area contributed by atoms with Crippen molar-refractivity contribution in [2.45, 2.75) is 6.92 Å². The number of pyridine rings is 1. The summed E-state index contributed by atoms with van der Waals surface area (Å²) in [5.74, 6) is 1.25. The van der Waals surface area contributed by atoms with Crippen LogP contribution in [0.3, 0.4) is 0 Å². The molecule has 7 heteroatoms. The van der Waals surface area contributed by atoms with E-state index < -0.39 is 0 Å². The molecule has 2 heterocycles. The van der Waals surface area contributed by atoms with Crippen LogP contribution in [0.2, 0.25) is 0 Å². The zero-order chi connectivity index (χ0) is 22.0. The van der Waals surface area contributed by atoms with E-state index in [4.69, 9.17) is 9.47 Å². The quantitative estimate of drug-likeness (QED) is 0.356. The number of anilines is 1. The number of aromatic nitrogens is 2. The van der Waals surface area contributed by atoms with Gasteiger partial charge in [0.05, 0.1) is 31.8 Å². The number of methoxy groups -OCH3 is 2. The van der Waals surface area contributed by atoms with Crippen LogP contribution in [0, 0.1) is 0 Å². The smallest absolute Gasteiger partial charge is 0.211 e. The fraction of sp³-hybridized carbons (Fsp3) is 0.125. The first-order valence-corrected chi connectivity index (χ1v) is 9.60. The van der Waals surface area contributed by atoms with Crippen molar-refractivity contribution in [1.82, 2.24) is 9.38 Å². The van der Waals surface area contributed by atoms with Crippen LogP contribution in [0.25, 0.3) is 28.0 Å². The Morgan fingerprint density at radius 3 is 2.32 bits per heavy atom. The summed E-state index contributed by atoms with van der Waals surface area (Å²) in [5, 5.41) is 2.74. The van der Waals surface area contributed by atoms with Crippen LogP contribution in [-0.2, 0) is 4.79 Å². The van der Waals surface area contributed by atoms with Crippen molar-refractivity contribution < 1.29 is 19.1 Å². The van der Waals surface area contributed by atoms with Gasteiger partial charge in [-0.05, 0) is 30.7 Å². The van der Waals surface area contributed by atoms with E-state index in [1.165, 1.54) is 6.92 Å². The monoisotopic (exact) mass is 415 g/mol. The molecule has 0 atom stereocenters. The number of hydrogen-bond acceptors (Lipinski definition) is 5. The van der Waals surface area contributed by atoms with Gasteiger partial charge in [-0.1, -0.05) is 30.3 Å². The van der Waals surface area contributed by atoms with E-state index >= 15 is 0 Å². The number of amides is 1. The minimum Gasteiger partial charge on any atom is -0.493 e. The Morgan fingerprint density at radius 1 is 0.968 bits per heavy atom. The van der Waals surface area contributed by atoms with Gasteiger partial charge in [-0.2, -0.15) is 0 Å². The lowest BCUT2D eigenvalue weighted by molar-refractivity contribution is -0.105. The molecule has 31 heavy (non-hydrogen) atoms. The zero-order valence-electron chi connectivity index (χ0n) is 17.4. The molecule has 0 bridgehead atoms. The molecule has 0 spiro atoms. The number of carbonyl (C=O) groups excluding carboxylic acids is 2. The highest BCUT2D eigenvalue weighted by atomic mass is 16.5. The SMILES string of the molecule is COc1ccc(-c2cc(NC=O)c3ncc(-c4ccc(C(C)=O)cc4)n3c2)cc1OC. The van der Waals surface area contributed by atoms with E-state index in [1.807, 2.05) is 47.0 Å². The predicted octanol–water partition coefficient (Wildman–Crippen LogP) is 4.46. The summed E-state index contributed by atoms with van der Waals surface area (Å²) in [7, 11) is 3.17. The van der Waals surface area contributed by atoms with Gasteiger partial charge in [0.2, 0.25) is 6.41 Å². The van der Waals surface area contributed by atoms with Crippen LogP contribution in [0.1, 0.15) is 17.3 Å². The topological polar surface area (TPSA) is 81.9 Å². The van der Waals surface area contributed by atoms with Crippen LogP contribution in [0.4, 0.5) is 5.69 Å². The lowest BCUT2D eigenvalue weighted by atomic mass is 10.1. The van der Waals surface area contributed by atoms with Gasteiger partial charge in [0.1, 0.15) is 0 Å². The Balaban J connectivity index is 1.89. The van der Waals surface area contributed by atoms with Crippen molar-refractivity contribution in [3.05, 3.63) is 66.5 Å². The molecule has 2 aromatic heterocycles. The fourth-order valence-corrected chi connectivity index (χ4v) is 3.52. The number of ether oxygens (including phenoxy) is 2. The van der Waals surface area contributed by atoms with Crippen molar-refractivity contribution in [3.8, 4) is 33.9 Å². The van der Waals surface area contributed by atoms with Crippen LogP contribution in [0.5, 0.6) is 11.5 Å². The third-order valence-electron chi connectivity index (χ3n) is 5.12. The Hall–Kier alpha value is -4.13. The molecular formula is C24H21N3O4. The molecule has 2 aromatic carbocycles. The second-order valence-electron chi connectivity index (χ2n) is 6.94. The highest BCUT2D eigenvalue weighted by molar-refractivity contribution is 5.94. The van der Waals surface area contributed by atoms with E-state index in [9.17, 15) is 9.59 Å². The zero-order valence-corrected chi connectivity index (χ0v) is 17.4. The van der Waals surface area contributed by atoms with Crippen molar-refractivity contribution in [2.75, 3.05) is 19.5 Å². The lowest BCUT2D eigenvalue weighted by Gasteiger charge is -2.12. The summed E-state index contributed by atoms with van der Waals surface area (Å²) in [6.07, 6.45) is 4.32. The van der Waals surface area contributed by atoms with Crippen molar-refractivity contribution in [3.63, 3.8) is 0 Å². The summed E-state index contributed by atoms with van der Waals surface area (Å²) < 4.78 is 12.7. The Kier molecular flexibility index (Phi) is 5.41. The van der Waals surface area contributed by atoms with Gasteiger partial charge < -0.3 is 14.8 Å². The Morgan fingerprint density at radius 2 is 1.68 bits per heavy atom. The number of Topliss-reactive ketones (excluding diaryl/α,β-unsaturated/α-hetero) is 1. The molecule has 156 valence electrons. The molecule has 0 radical (unpaired) electrons. The summed E-state index contributed by atoms with van der Waals surface area (Å²) in [5.41, 5.74) is 5.32. The van der Waals surface area contributed by atoms with Gasteiger partial charge in [-0.15, -0.1) is 0 Å². The van der Waals surface area contributed by atoms with E-state index in [1.54, 1.807) is 32.5 Å².